The SMILES string of the molecule is CC(C)N(C(=O)CN1C(=O)C(NC(=O)Nc2cccc(N(C)C)c2)C(=O)N(c2ccccc2)c2ccccc21)c1ccccc1. The zero-order valence-corrected chi connectivity index (χ0v) is 25.7. The Morgan fingerprint density at radius 3 is 2.00 bits per heavy atom. The topological polar surface area (TPSA) is 105 Å². The zero-order valence-electron chi connectivity index (χ0n) is 25.7. The summed E-state index contributed by atoms with van der Waals surface area (Å²) in [6.07, 6.45) is 0. The van der Waals surface area contributed by atoms with Crippen molar-refractivity contribution in [2.45, 2.75) is 25.9 Å². The molecule has 0 aliphatic carbocycles. The Balaban J connectivity index is 1.54. The fourth-order valence-electron chi connectivity index (χ4n) is 5.33. The molecule has 4 aromatic rings. The Labute approximate surface area is 262 Å². The average molecular weight is 605 g/mol. The van der Waals surface area contributed by atoms with Crippen LogP contribution in [0.3, 0.4) is 0 Å². The molecule has 0 bridgehead atoms. The third kappa shape index (κ3) is 6.65. The predicted octanol–water partition coefficient (Wildman–Crippen LogP) is 5.40. The molecule has 10 heteroatoms. The van der Waals surface area contributed by atoms with E-state index >= 15 is 0 Å². The number of carbonyl (C=O) groups excluding carboxylic acids is 4. The first-order chi connectivity index (χ1) is 21.7. The minimum Gasteiger partial charge on any atom is -0.378 e. The molecule has 4 aromatic carbocycles. The van der Waals surface area contributed by atoms with Crippen molar-refractivity contribution in [3.63, 3.8) is 0 Å². The van der Waals surface area contributed by atoms with E-state index < -0.39 is 23.9 Å². The summed E-state index contributed by atoms with van der Waals surface area (Å²) < 4.78 is 0. The lowest BCUT2D eigenvalue weighted by Crippen LogP contribution is -2.57. The van der Waals surface area contributed by atoms with Gasteiger partial charge < -0.3 is 20.4 Å². The van der Waals surface area contributed by atoms with Crippen LogP contribution in [0, 0.1) is 0 Å². The summed E-state index contributed by atoms with van der Waals surface area (Å²) in [5, 5.41) is 5.34. The molecule has 1 atom stereocenters. The van der Waals surface area contributed by atoms with Crippen LogP contribution in [0.2, 0.25) is 0 Å². The van der Waals surface area contributed by atoms with Gasteiger partial charge in [0, 0.05) is 42.9 Å². The van der Waals surface area contributed by atoms with Gasteiger partial charge in [0.15, 0.2) is 6.04 Å². The lowest BCUT2D eigenvalue weighted by Gasteiger charge is -2.31. The number of anilines is 6. The first-order valence-corrected chi connectivity index (χ1v) is 14.7. The summed E-state index contributed by atoms with van der Waals surface area (Å²) in [4.78, 5) is 62.1. The number of para-hydroxylation sites is 4. The van der Waals surface area contributed by atoms with E-state index in [9.17, 15) is 19.2 Å². The highest BCUT2D eigenvalue weighted by molar-refractivity contribution is 6.25. The summed E-state index contributed by atoms with van der Waals surface area (Å²) in [6.45, 7) is 3.43. The fourth-order valence-corrected chi connectivity index (χ4v) is 5.33. The van der Waals surface area contributed by atoms with E-state index in [0.29, 0.717) is 28.4 Å². The highest BCUT2D eigenvalue weighted by Crippen LogP contribution is 2.38. The van der Waals surface area contributed by atoms with E-state index in [0.717, 1.165) is 5.69 Å². The van der Waals surface area contributed by atoms with Gasteiger partial charge in [0.2, 0.25) is 5.91 Å². The van der Waals surface area contributed by atoms with Crippen molar-refractivity contribution in [3.8, 4) is 0 Å². The third-order valence-corrected chi connectivity index (χ3v) is 7.42. The number of hydrogen-bond donors (Lipinski definition) is 2. The van der Waals surface area contributed by atoms with Gasteiger partial charge in [0.05, 0.1) is 11.4 Å². The van der Waals surface area contributed by atoms with Gasteiger partial charge in [0.25, 0.3) is 11.8 Å². The molecule has 2 N–H and O–H groups in total. The molecule has 45 heavy (non-hydrogen) atoms. The van der Waals surface area contributed by atoms with E-state index in [-0.39, 0.29) is 18.5 Å². The van der Waals surface area contributed by atoms with Crippen molar-refractivity contribution in [2.24, 2.45) is 0 Å². The van der Waals surface area contributed by atoms with Crippen molar-refractivity contribution in [3.05, 3.63) is 109 Å². The van der Waals surface area contributed by atoms with Crippen LogP contribution in [-0.4, -0.2) is 56.5 Å². The maximum Gasteiger partial charge on any atom is 0.320 e. The molecule has 0 saturated heterocycles. The first kappa shape index (κ1) is 30.8. The summed E-state index contributed by atoms with van der Waals surface area (Å²) in [7, 11) is 3.76. The van der Waals surface area contributed by atoms with Crippen LogP contribution in [0.5, 0.6) is 0 Å². The second-order valence-corrected chi connectivity index (χ2v) is 11.1. The molecule has 1 heterocycles. The Bertz CT molecular complexity index is 1690. The normalized spacial score (nSPS) is 14.5. The van der Waals surface area contributed by atoms with Crippen LogP contribution < -0.4 is 30.2 Å². The molecule has 1 aliphatic heterocycles. The molecular weight excluding hydrogens is 568 g/mol. The molecule has 5 rings (SSSR count). The summed E-state index contributed by atoms with van der Waals surface area (Å²) >= 11 is 0. The number of fused-ring (bicyclic) bond motifs is 1. The quantitative estimate of drug-likeness (QED) is 0.262. The fraction of sp³-hybridized carbons (Fsp3) is 0.200. The van der Waals surface area contributed by atoms with Crippen molar-refractivity contribution in [1.82, 2.24) is 5.32 Å². The highest BCUT2D eigenvalue weighted by Gasteiger charge is 2.43. The van der Waals surface area contributed by atoms with Crippen molar-refractivity contribution in [2.75, 3.05) is 45.6 Å². The number of carbonyl (C=O) groups is 4. The first-order valence-electron chi connectivity index (χ1n) is 14.7. The van der Waals surface area contributed by atoms with Gasteiger partial charge in [0.1, 0.15) is 6.54 Å². The minimum absolute atomic E-state index is 0.211. The van der Waals surface area contributed by atoms with E-state index in [2.05, 4.69) is 10.6 Å². The van der Waals surface area contributed by atoms with Crippen LogP contribution in [0.4, 0.5) is 38.9 Å². The molecule has 1 unspecified atom stereocenters. The van der Waals surface area contributed by atoms with Crippen LogP contribution in [0.25, 0.3) is 0 Å². The van der Waals surface area contributed by atoms with Gasteiger partial charge >= 0.3 is 6.03 Å². The Morgan fingerprint density at radius 2 is 1.36 bits per heavy atom. The molecule has 0 fully saturated rings. The Hall–Kier alpha value is -5.64. The van der Waals surface area contributed by atoms with Gasteiger partial charge in [-0.15, -0.1) is 0 Å². The molecule has 0 spiro atoms. The number of nitrogens with zero attached hydrogens (tertiary/aromatic N) is 4. The molecule has 1 aliphatic rings. The van der Waals surface area contributed by atoms with E-state index in [1.165, 1.54) is 9.80 Å². The standard InChI is InChI=1S/C35H36N6O4/c1-24(2)40(26-15-7-5-8-16-26)31(42)23-39-29-20-11-12-21-30(29)41(27-17-9-6-10-18-27)34(44)32(33(39)43)37-35(45)36-25-14-13-19-28(22-25)38(3)4/h5-22,24,32H,23H2,1-4H3,(H2,36,37,45). The summed E-state index contributed by atoms with van der Waals surface area (Å²) in [5.41, 5.74) is 3.32. The average Bonchev–Trinajstić information content (AvgIpc) is 3.11. The van der Waals surface area contributed by atoms with Crippen LogP contribution in [0.1, 0.15) is 13.8 Å². The van der Waals surface area contributed by atoms with Crippen LogP contribution >= 0.6 is 0 Å². The largest absolute Gasteiger partial charge is 0.378 e. The van der Waals surface area contributed by atoms with Gasteiger partial charge in [-0.25, -0.2) is 4.79 Å². The Morgan fingerprint density at radius 1 is 0.756 bits per heavy atom. The smallest absolute Gasteiger partial charge is 0.320 e. The molecule has 10 nitrogen and oxygen atoms in total. The van der Waals surface area contributed by atoms with Gasteiger partial charge in [-0.3, -0.25) is 24.2 Å². The summed E-state index contributed by atoms with van der Waals surface area (Å²) in [5.74, 6) is -1.73. The second kappa shape index (κ2) is 13.3. The van der Waals surface area contributed by atoms with Crippen molar-refractivity contribution >= 4 is 57.9 Å². The molecule has 0 radical (unpaired) electrons. The van der Waals surface area contributed by atoms with Crippen LogP contribution in [0.15, 0.2) is 109 Å². The number of hydrogen-bond acceptors (Lipinski definition) is 5. The maximum atomic E-state index is 14.3. The number of urea groups is 1. The number of benzene rings is 4. The van der Waals surface area contributed by atoms with Crippen molar-refractivity contribution < 1.29 is 19.2 Å². The molecule has 230 valence electrons. The zero-order chi connectivity index (χ0) is 32.1. The van der Waals surface area contributed by atoms with Gasteiger partial charge in [-0.2, -0.15) is 0 Å². The number of amides is 5. The van der Waals surface area contributed by atoms with Gasteiger partial charge in [-0.1, -0.05) is 54.6 Å². The van der Waals surface area contributed by atoms with Crippen LogP contribution in [-0.2, 0) is 14.4 Å². The lowest BCUT2D eigenvalue weighted by molar-refractivity contribution is -0.129. The molecular formula is C35H36N6O4. The van der Waals surface area contributed by atoms with E-state index in [4.69, 9.17) is 0 Å². The van der Waals surface area contributed by atoms with E-state index in [1.54, 1.807) is 71.6 Å². The Kier molecular flexibility index (Phi) is 9.13. The van der Waals surface area contributed by atoms with Gasteiger partial charge in [-0.05, 0) is 68.4 Å². The molecule has 0 saturated carbocycles. The molecule has 0 aromatic heterocycles. The minimum atomic E-state index is -1.63. The van der Waals surface area contributed by atoms with Crippen molar-refractivity contribution in [1.29, 1.82) is 0 Å². The highest BCUT2D eigenvalue weighted by atomic mass is 16.2. The molecule has 5 amide bonds. The van der Waals surface area contributed by atoms with E-state index in [1.807, 2.05) is 75.3 Å². The third-order valence-electron chi connectivity index (χ3n) is 7.42. The maximum absolute atomic E-state index is 14.3. The summed E-state index contributed by atoms with van der Waals surface area (Å²) in [6, 6.07) is 29.6. The number of rotatable bonds is 8. The predicted molar refractivity (Wildman–Crippen MR) is 178 cm³/mol. The second-order valence-electron chi connectivity index (χ2n) is 11.1. The number of nitrogens with one attached hydrogen (secondary N) is 2. The monoisotopic (exact) mass is 604 g/mol. The lowest BCUT2D eigenvalue weighted by atomic mass is 10.2.